The quantitative estimate of drug-likeness (QED) is 0.920. The Balaban J connectivity index is 1.74. The van der Waals surface area contributed by atoms with Crippen LogP contribution in [-0.4, -0.2) is 19.0 Å². The monoisotopic (exact) mass is 300 g/mol. The first-order chi connectivity index (χ1) is 10.1. The zero-order valence-corrected chi connectivity index (χ0v) is 13.3. The van der Waals surface area contributed by atoms with E-state index < -0.39 is 0 Å². The molecular weight excluding hydrogens is 280 g/mol. The maximum atomic E-state index is 12.2. The molecule has 1 aromatic carbocycles. The van der Waals surface area contributed by atoms with Gasteiger partial charge in [-0.3, -0.25) is 4.79 Å². The highest BCUT2D eigenvalue weighted by molar-refractivity contribution is 7.14. The van der Waals surface area contributed by atoms with E-state index in [4.69, 9.17) is 0 Å². The lowest BCUT2D eigenvalue weighted by atomic mass is 10.1. The molecule has 0 spiro atoms. The third-order valence-corrected chi connectivity index (χ3v) is 4.87. The van der Waals surface area contributed by atoms with Crippen LogP contribution in [0.25, 0.3) is 0 Å². The molecule has 1 aliphatic heterocycles. The molecule has 4 heteroatoms. The normalized spacial score (nSPS) is 14.5. The van der Waals surface area contributed by atoms with E-state index in [1.807, 2.05) is 25.1 Å². The maximum Gasteiger partial charge on any atom is 0.265 e. The predicted octanol–water partition coefficient (Wildman–Crippen LogP) is 4.22. The summed E-state index contributed by atoms with van der Waals surface area (Å²) in [5.74, 6) is -0.0265. The van der Waals surface area contributed by atoms with Crippen molar-refractivity contribution in [3.8, 4) is 0 Å². The van der Waals surface area contributed by atoms with Crippen molar-refractivity contribution in [3.05, 3.63) is 45.6 Å². The minimum absolute atomic E-state index is 0.0265. The Hall–Kier alpha value is -1.81. The molecular formula is C17H20N2OS. The van der Waals surface area contributed by atoms with Gasteiger partial charge in [0.05, 0.1) is 4.88 Å². The standard InChI is InChI=1S/C17H20N2OS/c1-12-11-14(6-7-15(12)19-9-3-4-10-19)18-17(20)16-8-5-13(2)21-16/h5-8,11H,3-4,9-10H2,1-2H3,(H,18,20). The number of nitrogens with one attached hydrogen (secondary N) is 1. The number of rotatable bonds is 3. The van der Waals surface area contributed by atoms with Crippen molar-refractivity contribution in [2.24, 2.45) is 0 Å². The minimum Gasteiger partial charge on any atom is -0.371 e. The molecule has 3 nitrogen and oxygen atoms in total. The fraction of sp³-hybridized carbons (Fsp3) is 0.353. The summed E-state index contributed by atoms with van der Waals surface area (Å²) in [4.78, 5) is 16.5. The van der Waals surface area contributed by atoms with Crippen LogP contribution in [0.4, 0.5) is 11.4 Å². The van der Waals surface area contributed by atoms with Crippen molar-refractivity contribution in [1.29, 1.82) is 0 Å². The van der Waals surface area contributed by atoms with Crippen LogP contribution < -0.4 is 10.2 Å². The predicted molar refractivity (Wildman–Crippen MR) is 89.6 cm³/mol. The molecule has 1 aliphatic rings. The van der Waals surface area contributed by atoms with Crippen LogP contribution in [0.15, 0.2) is 30.3 Å². The Bertz CT molecular complexity index is 657. The fourth-order valence-corrected chi connectivity index (χ4v) is 3.56. The number of carbonyl (C=O) groups is 1. The molecule has 1 amide bonds. The highest BCUT2D eigenvalue weighted by atomic mass is 32.1. The van der Waals surface area contributed by atoms with Crippen LogP contribution in [0.3, 0.4) is 0 Å². The van der Waals surface area contributed by atoms with E-state index in [1.165, 1.54) is 35.4 Å². The SMILES string of the molecule is Cc1ccc(C(=O)Nc2ccc(N3CCCC3)c(C)c2)s1. The lowest BCUT2D eigenvalue weighted by Crippen LogP contribution is -2.19. The number of nitrogens with zero attached hydrogens (tertiary/aromatic N) is 1. The lowest BCUT2D eigenvalue weighted by molar-refractivity contribution is 0.103. The van der Waals surface area contributed by atoms with Gasteiger partial charge in [0.15, 0.2) is 0 Å². The molecule has 1 fully saturated rings. The minimum atomic E-state index is -0.0265. The molecule has 3 rings (SSSR count). The van der Waals surface area contributed by atoms with Gasteiger partial charge in [-0.2, -0.15) is 0 Å². The van der Waals surface area contributed by atoms with Crippen LogP contribution in [0.1, 0.15) is 33.0 Å². The highest BCUT2D eigenvalue weighted by Gasteiger charge is 2.15. The van der Waals surface area contributed by atoms with Gasteiger partial charge < -0.3 is 10.2 Å². The molecule has 0 aliphatic carbocycles. The summed E-state index contributed by atoms with van der Waals surface area (Å²) in [6, 6.07) is 10.0. The van der Waals surface area contributed by atoms with Gasteiger partial charge in [-0.15, -0.1) is 11.3 Å². The van der Waals surface area contributed by atoms with Crippen molar-refractivity contribution < 1.29 is 4.79 Å². The number of hydrogen-bond donors (Lipinski definition) is 1. The average Bonchev–Trinajstić information content (AvgIpc) is 3.10. The van der Waals surface area contributed by atoms with Gasteiger partial charge in [-0.25, -0.2) is 0 Å². The first-order valence-electron chi connectivity index (χ1n) is 7.37. The molecule has 0 unspecified atom stereocenters. The van der Waals surface area contributed by atoms with Gasteiger partial charge in [-0.1, -0.05) is 0 Å². The number of anilines is 2. The second-order valence-electron chi connectivity index (χ2n) is 5.56. The Morgan fingerprint density at radius 2 is 1.90 bits per heavy atom. The number of hydrogen-bond acceptors (Lipinski definition) is 3. The van der Waals surface area contributed by atoms with Crippen molar-refractivity contribution >= 4 is 28.6 Å². The maximum absolute atomic E-state index is 12.2. The van der Waals surface area contributed by atoms with Crippen LogP contribution >= 0.6 is 11.3 Å². The second kappa shape index (κ2) is 5.90. The highest BCUT2D eigenvalue weighted by Crippen LogP contribution is 2.27. The molecule has 2 aromatic rings. The largest absolute Gasteiger partial charge is 0.371 e. The molecule has 1 N–H and O–H groups in total. The third-order valence-electron chi connectivity index (χ3n) is 3.87. The summed E-state index contributed by atoms with van der Waals surface area (Å²) in [6.45, 7) is 6.40. The third kappa shape index (κ3) is 3.10. The Kier molecular flexibility index (Phi) is 3.97. The number of thiophene rings is 1. The van der Waals surface area contributed by atoms with Crippen LogP contribution in [-0.2, 0) is 0 Å². The van der Waals surface area contributed by atoms with E-state index in [1.54, 1.807) is 0 Å². The molecule has 0 bridgehead atoms. The molecule has 110 valence electrons. The van der Waals surface area contributed by atoms with Crippen molar-refractivity contribution in [2.75, 3.05) is 23.3 Å². The van der Waals surface area contributed by atoms with Crippen molar-refractivity contribution in [1.82, 2.24) is 0 Å². The zero-order chi connectivity index (χ0) is 14.8. The summed E-state index contributed by atoms with van der Waals surface area (Å²) < 4.78 is 0. The molecule has 21 heavy (non-hydrogen) atoms. The van der Waals surface area contributed by atoms with Gasteiger partial charge in [0.1, 0.15) is 0 Å². The van der Waals surface area contributed by atoms with E-state index in [-0.39, 0.29) is 5.91 Å². The second-order valence-corrected chi connectivity index (χ2v) is 6.85. The summed E-state index contributed by atoms with van der Waals surface area (Å²) in [5, 5.41) is 2.98. The van der Waals surface area contributed by atoms with Crippen LogP contribution in [0.5, 0.6) is 0 Å². The molecule has 2 heterocycles. The van der Waals surface area contributed by atoms with Gasteiger partial charge in [0.2, 0.25) is 0 Å². The lowest BCUT2D eigenvalue weighted by Gasteiger charge is -2.20. The molecule has 0 saturated carbocycles. The van der Waals surface area contributed by atoms with E-state index in [0.29, 0.717) is 0 Å². The van der Waals surface area contributed by atoms with Gasteiger partial charge >= 0.3 is 0 Å². The zero-order valence-electron chi connectivity index (χ0n) is 12.5. The summed E-state index contributed by atoms with van der Waals surface area (Å²) in [7, 11) is 0. The number of amides is 1. The van der Waals surface area contributed by atoms with E-state index in [0.717, 1.165) is 28.5 Å². The van der Waals surface area contributed by atoms with Crippen molar-refractivity contribution in [2.45, 2.75) is 26.7 Å². The first-order valence-corrected chi connectivity index (χ1v) is 8.18. The summed E-state index contributed by atoms with van der Waals surface area (Å²) in [5.41, 5.74) is 3.38. The topological polar surface area (TPSA) is 32.3 Å². The Labute approximate surface area is 129 Å². The fourth-order valence-electron chi connectivity index (χ4n) is 2.80. The van der Waals surface area contributed by atoms with Gasteiger partial charge in [0, 0.05) is 29.3 Å². The smallest absolute Gasteiger partial charge is 0.265 e. The molecule has 1 aromatic heterocycles. The Morgan fingerprint density at radius 1 is 1.14 bits per heavy atom. The molecule has 1 saturated heterocycles. The molecule has 0 radical (unpaired) electrons. The Morgan fingerprint density at radius 3 is 2.52 bits per heavy atom. The number of carbonyl (C=O) groups excluding carboxylic acids is 1. The van der Waals surface area contributed by atoms with E-state index in [9.17, 15) is 4.79 Å². The van der Waals surface area contributed by atoms with E-state index in [2.05, 4.69) is 29.3 Å². The molecule has 0 atom stereocenters. The summed E-state index contributed by atoms with van der Waals surface area (Å²) >= 11 is 1.52. The number of aryl methyl sites for hydroxylation is 2. The van der Waals surface area contributed by atoms with Gasteiger partial charge in [0.25, 0.3) is 5.91 Å². The first kappa shape index (κ1) is 14.1. The van der Waals surface area contributed by atoms with E-state index >= 15 is 0 Å². The van der Waals surface area contributed by atoms with Crippen molar-refractivity contribution in [3.63, 3.8) is 0 Å². The van der Waals surface area contributed by atoms with Crippen LogP contribution in [0.2, 0.25) is 0 Å². The number of benzene rings is 1. The average molecular weight is 300 g/mol. The summed E-state index contributed by atoms with van der Waals surface area (Å²) in [6.07, 6.45) is 2.55. The van der Waals surface area contributed by atoms with Gasteiger partial charge in [-0.05, 0) is 62.6 Å². The van der Waals surface area contributed by atoms with Crippen LogP contribution in [0, 0.1) is 13.8 Å².